The first-order valence-corrected chi connectivity index (χ1v) is 6.91. The van der Waals surface area contributed by atoms with E-state index in [0.717, 1.165) is 39.7 Å². The number of rotatable bonds is 3. The number of hydrogen-bond acceptors (Lipinski definition) is 5. The standard InChI is InChI=1S/C7H12N2S4/c10-4-1-2-8-6(11)13-7-9-3-5-12-7/h10H,1-5H2,(H,8,11). The van der Waals surface area contributed by atoms with Crippen molar-refractivity contribution in [2.45, 2.75) is 6.42 Å². The first-order valence-electron chi connectivity index (χ1n) is 4.06. The van der Waals surface area contributed by atoms with E-state index in [1.54, 1.807) is 23.5 Å². The predicted molar refractivity (Wildman–Crippen MR) is 71.4 cm³/mol. The van der Waals surface area contributed by atoms with Crippen LogP contribution in [0.1, 0.15) is 6.42 Å². The predicted octanol–water partition coefficient (Wildman–Crippen LogP) is 2.02. The molecule has 0 aromatic carbocycles. The van der Waals surface area contributed by atoms with Gasteiger partial charge in [0.15, 0.2) is 0 Å². The molecule has 0 bridgehead atoms. The minimum Gasteiger partial charge on any atom is -0.371 e. The molecular weight excluding hydrogens is 240 g/mol. The average Bonchev–Trinajstić information content (AvgIpc) is 2.57. The zero-order valence-corrected chi connectivity index (χ0v) is 10.5. The van der Waals surface area contributed by atoms with E-state index in [1.165, 1.54) is 0 Å². The first kappa shape index (κ1) is 11.7. The van der Waals surface area contributed by atoms with Gasteiger partial charge in [0, 0.05) is 12.3 Å². The van der Waals surface area contributed by atoms with Crippen molar-refractivity contribution in [2.24, 2.45) is 4.99 Å². The van der Waals surface area contributed by atoms with Crippen LogP contribution in [-0.2, 0) is 0 Å². The van der Waals surface area contributed by atoms with Crippen LogP contribution in [-0.4, -0.2) is 33.3 Å². The Morgan fingerprint density at radius 2 is 2.62 bits per heavy atom. The molecule has 0 atom stereocenters. The van der Waals surface area contributed by atoms with Crippen molar-refractivity contribution in [2.75, 3.05) is 24.6 Å². The maximum Gasteiger partial charge on any atom is 0.140 e. The van der Waals surface area contributed by atoms with Gasteiger partial charge in [-0.3, -0.25) is 4.99 Å². The molecule has 0 unspecified atom stereocenters. The van der Waals surface area contributed by atoms with Crippen molar-refractivity contribution in [3.63, 3.8) is 0 Å². The SMILES string of the molecule is S=C(NCCCS)SC1=NCCS1. The molecule has 0 aliphatic carbocycles. The average molecular weight is 252 g/mol. The molecule has 0 fully saturated rings. The molecule has 1 aliphatic heterocycles. The number of thiol groups is 1. The smallest absolute Gasteiger partial charge is 0.140 e. The topological polar surface area (TPSA) is 24.4 Å². The minimum atomic E-state index is 0.829. The molecule has 74 valence electrons. The molecule has 0 amide bonds. The zero-order valence-electron chi connectivity index (χ0n) is 7.15. The third-order valence-corrected chi connectivity index (χ3v) is 4.05. The minimum absolute atomic E-state index is 0.829. The highest BCUT2D eigenvalue weighted by atomic mass is 32.2. The molecular formula is C7H12N2S4. The Bertz CT molecular complexity index is 205. The van der Waals surface area contributed by atoms with E-state index in [9.17, 15) is 0 Å². The summed E-state index contributed by atoms with van der Waals surface area (Å²) in [6, 6.07) is 0. The highest BCUT2D eigenvalue weighted by Crippen LogP contribution is 2.22. The summed E-state index contributed by atoms with van der Waals surface area (Å²) in [4.78, 5) is 4.30. The van der Waals surface area contributed by atoms with Gasteiger partial charge in [-0.2, -0.15) is 12.6 Å². The van der Waals surface area contributed by atoms with Crippen LogP contribution in [0.3, 0.4) is 0 Å². The van der Waals surface area contributed by atoms with Crippen molar-refractivity contribution in [1.82, 2.24) is 5.32 Å². The Hall–Kier alpha value is 0.610. The second-order valence-electron chi connectivity index (χ2n) is 2.39. The van der Waals surface area contributed by atoms with E-state index in [1.807, 2.05) is 0 Å². The summed E-state index contributed by atoms with van der Waals surface area (Å²) in [5.74, 6) is 2.00. The van der Waals surface area contributed by atoms with Gasteiger partial charge in [-0.15, -0.1) is 0 Å². The first-order chi connectivity index (χ1) is 6.33. The van der Waals surface area contributed by atoms with Gasteiger partial charge in [0.25, 0.3) is 0 Å². The van der Waals surface area contributed by atoms with Crippen molar-refractivity contribution in [3.8, 4) is 0 Å². The molecule has 0 saturated carbocycles. The van der Waals surface area contributed by atoms with E-state index < -0.39 is 0 Å². The van der Waals surface area contributed by atoms with Crippen LogP contribution in [0.25, 0.3) is 0 Å². The van der Waals surface area contributed by atoms with Crippen LogP contribution in [0.5, 0.6) is 0 Å². The number of hydrogen-bond donors (Lipinski definition) is 2. The van der Waals surface area contributed by atoms with Crippen molar-refractivity contribution in [1.29, 1.82) is 0 Å². The van der Waals surface area contributed by atoms with E-state index in [-0.39, 0.29) is 0 Å². The summed E-state index contributed by atoms with van der Waals surface area (Å²) >= 11 is 12.6. The molecule has 0 aromatic rings. The lowest BCUT2D eigenvalue weighted by Crippen LogP contribution is -2.20. The summed E-state index contributed by atoms with van der Waals surface area (Å²) < 4.78 is 1.93. The molecule has 2 nitrogen and oxygen atoms in total. The Kier molecular flexibility index (Phi) is 6.27. The zero-order chi connectivity index (χ0) is 9.52. The second-order valence-corrected chi connectivity index (χ2v) is 5.84. The fourth-order valence-electron chi connectivity index (χ4n) is 0.762. The number of aliphatic imine (C=N–C) groups is 1. The highest BCUT2D eigenvalue weighted by Gasteiger charge is 2.09. The monoisotopic (exact) mass is 252 g/mol. The summed E-state index contributed by atoms with van der Waals surface area (Å²) in [6.07, 6.45) is 1.05. The Balaban J connectivity index is 2.10. The molecule has 1 N–H and O–H groups in total. The van der Waals surface area contributed by atoms with E-state index in [0.29, 0.717) is 0 Å². The molecule has 13 heavy (non-hydrogen) atoms. The second kappa shape index (κ2) is 6.98. The molecule has 0 saturated heterocycles. The quantitative estimate of drug-likeness (QED) is 0.456. The van der Waals surface area contributed by atoms with Gasteiger partial charge in [-0.1, -0.05) is 24.0 Å². The van der Waals surface area contributed by atoms with Crippen LogP contribution in [0, 0.1) is 0 Å². The van der Waals surface area contributed by atoms with Crippen LogP contribution >= 0.6 is 48.4 Å². The lowest BCUT2D eigenvalue weighted by Gasteiger charge is -2.04. The van der Waals surface area contributed by atoms with Gasteiger partial charge < -0.3 is 5.32 Å². The molecule has 0 radical (unpaired) electrons. The summed E-state index contributed by atoms with van der Waals surface area (Å²) in [6.45, 7) is 1.85. The third kappa shape index (κ3) is 5.15. The normalized spacial score (nSPS) is 15.6. The van der Waals surface area contributed by atoms with Crippen molar-refractivity contribution in [3.05, 3.63) is 0 Å². The Morgan fingerprint density at radius 1 is 1.77 bits per heavy atom. The fraction of sp³-hybridized carbons (Fsp3) is 0.714. The number of nitrogens with zero attached hydrogens (tertiary/aromatic N) is 1. The lowest BCUT2D eigenvalue weighted by molar-refractivity contribution is 0.865. The number of thiocarbonyl (C=S) groups is 1. The van der Waals surface area contributed by atoms with Crippen LogP contribution in [0.4, 0.5) is 0 Å². The maximum atomic E-state index is 5.14. The summed E-state index contributed by atoms with van der Waals surface area (Å²) in [5, 5.41) is 3.16. The van der Waals surface area contributed by atoms with E-state index >= 15 is 0 Å². The molecule has 0 aromatic heterocycles. The maximum absolute atomic E-state index is 5.14. The van der Waals surface area contributed by atoms with Gasteiger partial charge in [0.2, 0.25) is 0 Å². The number of thioether (sulfide) groups is 2. The fourth-order valence-corrected chi connectivity index (χ4v) is 3.18. The van der Waals surface area contributed by atoms with Crippen LogP contribution in [0.15, 0.2) is 4.99 Å². The largest absolute Gasteiger partial charge is 0.371 e. The van der Waals surface area contributed by atoms with Gasteiger partial charge in [0.05, 0.1) is 6.54 Å². The number of nitrogens with one attached hydrogen (secondary N) is 1. The van der Waals surface area contributed by atoms with E-state index in [2.05, 4.69) is 22.9 Å². The van der Waals surface area contributed by atoms with E-state index in [4.69, 9.17) is 12.2 Å². The van der Waals surface area contributed by atoms with Gasteiger partial charge in [0.1, 0.15) is 8.70 Å². The highest BCUT2D eigenvalue weighted by molar-refractivity contribution is 8.47. The van der Waals surface area contributed by atoms with Gasteiger partial charge >= 0.3 is 0 Å². The third-order valence-electron chi connectivity index (χ3n) is 1.34. The Morgan fingerprint density at radius 3 is 3.23 bits per heavy atom. The van der Waals surface area contributed by atoms with Gasteiger partial charge in [-0.25, -0.2) is 0 Å². The van der Waals surface area contributed by atoms with Crippen molar-refractivity contribution < 1.29 is 0 Å². The van der Waals surface area contributed by atoms with Gasteiger partial charge in [-0.05, 0) is 23.9 Å². The molecule has 1 heterocycles. The molecule has 0 spiro atoms. The summed E-state index contributed by atoms with van der Waals surface area (Å²) in [5.41, 5.74) is 0. The summed E-state index contributed by atoms with van der Waals surface area (Å²) in [7, 11) is 0. The van der Waals surface area contributed by atoms with Crippen molar-refractivity contribution >= 4 is 57.1 Å². The van der Waals surface area contributed by atoms with Crippen LogP contribution < -0.4 is 5.32 Å². The molecule has 1 rings (SSSR count). The molecule has 6 heteroatoms. The lowest BCUT2D eigenvalue weighted by atomic mass is 10.5. The molecule has 1 aliphatic rings. The Labute approximate surface area is 98.1 Å². The van der Waals surface area contributed by atoms with Crippen LogP contribution in [0.2, 0.25) is 0 Å².